The Kier molecular flexibility index (Phi) is 5.18. The number of hydrogen-bond acceptors (Lipinski definition) is 2. The van der Waals surface area contributed by atoms with Gasteiger partial charge < -0.3 is 5.32 Å². The van der Waals surface area contributed by atoms with Crippen LogP contribution < -0.4 is 10.6 Å². The van der Waals surface area contributed by atoms with Crippen LogP contribution >= 0.6 is 23.2 Å². The Morgan fingerprint density at radius 2 is 2.06 bits per heavy atom. The summed E-state index contributed by atoms with van der Waals surface area (Å²) < 4.78 is 12.8. The van der Waals surface area contributed by atoms with Crippen molar-refractivity contribution in [3.05, 3.63) is 29.0 Å². The third kappa shape index (κ3) is 4.58. The Bertz CT molecular complexity index is 440. The standard InChI is InChI=1S/C10H9Cl2FN2O2/c11-4-3-9(16)15-10(17)14-6-1-2-8(13)7(12)5-6/h1-2,5H,3-4H2,(H2,14,15,16,17). The number of benzene rings is 1. The van der Waals surface area contributed by atoms with Crippen molar-refractivity contribution in [2.45, 2.75) is 6.42 Å². The minimum Gasteiger partial charge on any atom is -0.308 e. The Labute approximate surface area is 107 Å². The molecule has 4 nitrogen and oxygen atoms in total. The summed E-state index contributed by atoms with van der Waals surface area (Å²) in [4.78, 5) is 22.3. The second-order valence-corrected chi connectivity index (χ2v) is 3.86. The highest BCUT2D eigenvalue weighted by Crippen LogP contribution is 2.19. The van der Waals surface area contributed by atoms with Crippen molar-refractivity contribution in [2.75, 3.05) is 11.2 Å². The van der Waals surface area contributed by atoms with E-state index in [1.807, 2.05) is 0 Å². The summed E-state index contributed by atoms with van der Waals surface area (Å²) >= 11 is 10.8. The molecule has 1 aromatic carbocycles. The number of halogens is 3. The fourth-order valence-corrected chi connectivity index (χ4v) is 1.36. The average molecular weight is 279 g/mol. The third-order valence-electron chi connectivity index (χ3n) is 1.75. The number of amides is 3. The van der Waals surface area contributed by atoms with Crippen LogP contribution in [-0.2, 0) is 4.79 Å². The van der Waals surface area contributed by atoms with E-state index in [4.69, 9.17) is 23.2 Å². The van der Waals surface area contributed by atoms with Crippen molar-refractivity contribution in [1.82, 2.24) is 5.32 Å². The van der Waals surface area contributed by atoms with E-state index in [1.165, 1.54) is 12.1 Å². The largest absolute Gasteiger partial charge is 0.325 e. The Morgan fingerprint density at radius 1 is 1.35 bits per heavy atom. The molecule has 7 heteroatoms. The van der Waals surface area contributed by atoms with E-state index >= 15 is 0 Å². The van der Waals surface area contributed by atoms with Gasteiger partial charge in [-0.3, -0.25) is 10.1 Å². The zero-order valence-electron chi connectivity index (χ0n) is 8.60. The lowest BCUT2D eigenvalue weighted by molar-refractivity contribution is -0.119. The number of hydrogen-bond donors (Lipinski definition) is 2. The van der Waals surface area contributed by atoms with Crippen LogP contribution in [0, 0.1) is 5.82 Å². The second-order valence-electron chi connectivity index (χ2n) is 3.07. The van der Waals surface area contributed by atoms with Crippen LogP contribution in [0.5, 0.6) is 0 Å². The first-order valence-electron chi connectivity index (χ1n) is 4.65. The lowest BCUT2D eigenvalue weighted by atomic mass is 10.3. The summed E-state index contributed by atoms with van der Waals surface area (Å²) in [5, 5.41) is 4.27. The van der Waals surface area contributed by atoms with E-state index in [-0.39, 0.29) is 23.0 Å². The molecule has 0 aromatic heterocycles. The van der Waals surface area contributed by atoms with Crippen LogP contribution in [0.4, 0.5) is 14.9 Å². The number of alkyl halides is 1. The Balaban J connectivity index is 2.56. The van der Waals surface area contributed by atoms with Gasteiger partial charge in [0, 0.05) is 18.0 Å². The maximum atomic E-state index is 12.8. The minimum absolute atomic E-state index is 0.0408. The summed E-state index contributed by atoms with van der Waals surface area (Å²) in [5.74, 6) is -0.955. The maximum Gasteiger partial charge on any atom is 0.325 e. The van der Waals surface area contributed by atoms with Gasteiger partial charge in [0.2, 0.25) is 5.91 Å². The number of urea groups is 1. The molecular formula is C10H9Cl2FN2O2. The molecule has 92 valence electrons. The van der Waals surface area contributed by atoms with E-state index in [1.54, 1.807) is 0 Å². The van der Waals surface area contributed by atoms with Crippen molar-refractivity contribution in [1.29, 1.82) is 0 Å². The van der Waals surface area contributed by atoms with Gasteiger partial charge in [-0.25, -0.2) is 9.18 Å². The zero-order valence-corrected chi connectivity index (χ0v) is 10.1. The van der Waals surface area contributed by atoms with Crippen LogP contribution in [0.2, 0.25) is 5.02 Å². The van der Waals surface area contributed by atoms with Gasteiger partial charge in [0.15, 0.2) is 0 Å². The number of carbonyl (C=O) groups excluding carboxylic acids is 2. The highest BCUT2D eigenvalue weighted by molar-refractivity contribution is 6.31. The van der Waals surface area contributed by atoms with Crippen molar-refractivity contribution in [3.8, 4) is 0 Å². The summed E-state index contributed by atoms with van der Waals surface area (Å²) in [7, 11) is 0. The number of nitrogens with one attached hydrogen (secondary N) is 2. The first-order chi connectivity index (χ1) is 8.02. The quantitative estimate of drug-likeness (QED) is 0.836. The molecule has 0 aliphatic rings. The molecule has 0 heterocycles. The molecule has 0 aliphatic heterocycles. The highest BCUT2D eigenvalue weighted by Gasteiger charge is 2.08. The molecule has 2 N–H and O–H groups in total. The third-order valence-corrected chi connectivity index (χ3v) is 2.23. The molecule has 17 heavy (non-hydrogen) atoms. The lowest BCUT2D eigenvalue weighted by Gasteiger charge is -2.06. The van der Waals surface area contributed by atoms with Gasteiger partial charge in [0.25, 0.3) is 0 Å². The summed E-state index contributed by atoms with van der Waals surface area (Å²) in [6, 6.07) is 2.95. The van der Waals surface area contributed by atoms with Crippen molar-refractivity contribution in [2.24, 2.45) is 0 Å². The van der Waals surface area contributed by atoms with Gasteiger partial charge in [-0.15, -0.1) is 11.6 Å². The van der Waals surface area contributed by atoms with Crippen LogP contribution in [0.25, 0.3) is 0 Å². The van der Waals surface area contributed by atoms with Crippen LogP contribution in [0.1, 0.15) is 6.42 Å². The summed E-state index contributed by atoms with van der Waals surface area (Å²) in [6.07, 6.45) is 0.0408. The van der Waals surface area contributed by atoms with Gasteiger partial charge in [-0.1, -0.05) is 11.6 Å². The van der Waals surface area contributed by atoms with Gasteiger partial charge >= 0.3 is 6.03 Å². The molecule has 0 radical (unpaired) electrons. The van der Waals surface area contributed by atoms with E-state index in [2.05, 4.69) is 10.6 Å². The molecule has 1 aromatic rings. The molecule has 0 saturated carbocycles. The average Bonchev–Trinajstić information content (AvgIpc) is 2.23. The van der Waals surface area contributed by atoms with Crippen LogP contribution in [0.3, 0.4) is 0 Å². The molecule has 0 aliphatic carbocycles. The smallest absolute Gasteiger partial charge is 0.308 e. The molecule has 1 rings (SSSR count). The molecule has 0 atom stereocenters. The molecular weight excluding hydrogens is 270 g/mol. The highest BCUT2D eigenvalue weighted by atomic mass is 35.5. The SMILES string of the molecule is O=C(CCCl)NC(=O)Nc1ccc(F)c(Cl)c1. The van der Waals surface area contributed by atoms with Gasteiger partial charge in [-0.2, -0.15) is 0 Å². The van der Waals surface area contributed by atoms with Crippen LogP contribution in [0.15, 0.2) is 18.2 Å². The number of anilines is 1. The van der Waals surface area contributed by atoms with Crippen molar-refractivity contribution in [3.63, 3.8) is 0 Å². The molecule has 0 spiro atoms. The van der Waals surface area contributed by atoms with E-state index in [0.717, 1.165) is 6.07 Å². The monoisotopic (exact) mass is 278 g/mol. The predicted molar refractivity (Wildman–Crippen MR) is 63.9 cm³/mol. The first-order valence-corrected chi connectivity index (χ1v) is 5.56. The minimum atomic E-state index is -0.720. The molecule has 0 saturated heterocycles. The van der Waals surface area contributed by atoms with Gasteiger partial charge in [0.1, 0.15) is 5.82 Å². The molecule has 0 unspecified atom stereocenters. The molecule has 0 fully saturated rings. The maximum absolute atomic E-state index is 12.8. The number of rotatable bonds is 3. The van der Waals surface area contributed by atoms with E-state index in [0.29, 0.717) is 0 Å². The van der Waals surface area contributed by atoms with Gasteiger partial charge in [0.05, 0.1) is 5.02 Å². The lowest BCUT2D eigenvalue weighted by Crippen LogP contribution is -2.34. The van der Waals surface area contributed by atoms with Crippen LogP contribution in [-0.4, -0.2) is 17.8 Å². The fraction of sp³-hybridized carbons (Fsp3) is 0.200. The van der Waals surface area contributed by atoms with E-state index in [9.17, 15) is 14.0 Å². The Hall–Kier alpha value is -1.33. The van der Waals surface area contributed by atoms with Crippen molar-refractivity contribution >= 4 is 40.8 Å². The van der Waals surface area contributed by atoms with Crippen molar-refractivity contribution < 1.29 is 14.0 Å². The topological polar surface area (TPSA) is 58.2 Å². The summed E-state index contributed by atoms with van der Waals surface area (Å²) in [5.41, 5.74) is 0.285. The molecule has 0 bridgehead atoms. The Morgan fingerprint density at radius 3 is 2.65 bits per heavy atom. The fourth-order valence-electron chi connectivity index (χ4n) is 1.01. The molecule has 3 amide bonds. The zero-order chi connectivity index (χ0) is 12.8. The first kappa shape index (κ1) is 13.7. The number of imide groups is 1. The van der Waals surface area contributed by atoms with E-state index < -0.39 is 17.8 Å². The van der Waals surface area contributed by atoms with Gasteiger partial charge in [-0.05, 0) is 18.2 Å². The predicted octanol–water partition coefficient (Wildman–Crippen LogP) is 2.76. The summed E-state index contributed by atoms with van der Waals surface area (Å²) in [6.45, 7) is 0. The normalized spacial score (nSPS) is 9.82. The second kappa shape index (κ2) is 6.42. The number of carbonyl (C=O) groups is 2.